The fourth-order valence-corrected chi connectivity index (χ4v) is 2.14. The van der Waals surface area contributed by atoms with Crippen molar-refractivity contribution >= 4 is 5.78 Å². The van der Waals surface area contributed by atoms with Crippen LogP contribution < -0.4 is 5.56 Å². The third-order valence-corrected chi connectivity index (χ3v) is 3.46. The Hall–Kier alpha value is -2.87. The van der Waals surface area contributed by atoms with Gasteiger partial charge in [-0.1, -0.05) is 29.8 Å². The minimum atomic E-state index is -0.618. The number of ketones is 1. The quantitative estimate of drug-likeness (QED) is 0.851. The van der Waals surface area contributed by atoms with E-state index < -0.39 is 17.2 Å². The highest BCUT2D eigenvalue weighted by Crippen LogP contribution is 2.24. The smallest absolute Gasteiger partial charge is 0.271 e. The largest absolute Gasteiger partial charge is 0.494 e. The molecule has 0 spiro atoms. The fourth-order valence-electron chi connectivity index (χ4n) is 2.14. The van der Waals surface area contributed by atoms with Gasteiger partial charge in [0.1, 0.15) is 11.6 Å². The number of aromatic nitrogens is 1. The second-order valence-corrected chi connectivity index (χ2v) is 4.87. The number of nitrogens with zero attached hydrogens (tertiary/aromatic N) is 2. The first-order valence-electron chi connectivity index (χ1n) is 6.32. The molecule has 0 bridgehead atoms. The molecule has 0 radical (unpaired) electrons. The van der Waals surface area contributed by atoms with Crippen LogP contribution in [-0.4, -0.2) is 15.5 Å². The number of hydrogen-bond donors (Lipinski definition) is 1. The summed E-state index contributed by atoms with van der Waals surface area (Å²) in [5.74, 6) is -0.848. The maximum atomic E-state index is 12.5. The minimum absolute atomic E-state index is 0.0162. The number of nitriles is 1. The Morgan fingerprint density at radius 3 is 2.33 bits per heavy atom. The van der Waals surface area contributed by atoms with E-state index in [-0.39, 0.29) is 16.7 Å². The van der Waals surface area contributed by atoms with E-state index in [9.17, 15) is 14.7 Å². The van der Waals surface area contributed by atoms with Gasteiger partial charge in [-0.15, -0.1) is 0 Å². The van der Waals surface area contributed by atoms with E-state index in [1.165, 1.54) is 14.0 Å². The van der Waals surface area contributed by atoms with E-state index >= 15 is 0 Å². The van der Waals surface area contributed by atoms with Gasteiger partial charge in [-0.3, -0.25) is 14.2 Å². The molecule has 0 saturated carbocycles. The molecular formula is C16H14N2O3. The zero-order chi connectivity index (χ0) is 15.7. The minimum Gasteiger partial charge on any atom is -0.494 e. The molecular weight excluding hydrogens is 268 g/mol. The number of hydrogen-bond acceptors (Lipinski definition) is 4. The summed E-state index contributed by atoms with van der Waals surface area (Å²) in [6, 6.07) is 8.65. The Kier molecular flexibility index (Phi) is 3.64. The molecule has 0 aliphatic rings. The first-order valence-corrected chi connectivity index (χ1v) is 6.32. The summed E-state index contributed by atoms with van der Waals surface area (Å²) in [5.41, 5.74) is 0.826. The molecule has 2 rings (SSSR count). The van der Waals surface area contributed by atoms with Crippen molar-refractivity contribution in [2.45, 2.75) is 13.8 Å². The summed E-state index contributed by atoms with van der Waals surface area (Å²) in [4.78, 5) is 24.4. The van der Waals surface area contributed by atoms with E-state index in [1.807, 2.05) is 6.92 Å². The fraction of sp³-hybridized carbons (Fsp3) is 0.188. The topological polar surface area (TPSA) is 83.1 Å². The molecule has 0 saturated heterocycles. The SMILES string of the molecule is Cc1ccc(C(=O)c2c(C)c(C#N)c(=O)n(C)c2O)cc1. The van der Waals surface area contributed by atoms with Gasteiger partial charge in [0.2, 0.25) is 5.88 Å². The van der Waals surface area contributed by atoms with Crippen LogP contribution in [0.5, 0.6) is 5.88 Å². The van der Waals surface area contributed by atoms with Crippen LogP contribution in [0.3, 0.4) is 0 Å². The Labute approximate surface area is 121 Å². The van der Waals surface area contributed by atoms with Gasteiger partial charge in [-0.2, -0.15) is 5.26 Å². The molecule has 21 heavy (non-hydrogen) atoms. The molecule has 0 aliphatic heterocycles. The summed E-state index contributed by atoms with van der Waals surface area (Å²) in [6.07, 6.45) is 0. The molecule has 5 heteroatoms. The van der Waals surface area contributed by atoms with Crippen molar-refractivity contribution in [3.05, 3.63) is 62.4 Å². The highest BCUT2D eigenvalue weighted by molar-refractivity contribution is 6.11. The van der Waals surface area contributed by atoms with Crippen LogP contribution in [-0.2, 0) is 7.05 Å². The van der Waals surface area contributed by atoms with E-state index in [1.54, 1.807) is 30.3 Å². The lowest BCUT2D eigenvalue weighted by atomic mass is 9.97. The Morgan fingerprint density at radius 1 is 1.24 bits per heavy atom. The van der Waals surface area contributed by atoms with Crippen molar-refractivity contribution in [1.29, 1.82) is 5.26 Å². The van der Waals surface area contributed by atoms with Gasteiger partial charge >= 0.3 is 0 Å². The molecule has 0 amide bonds. The van der Waals surface area contributed by atoms with Gasteiger partial charge in [0, 0.05) is 12.6 Å². The predicted molar refractivity (Wildman–Crippen MR) is 77.4 cm³/mol. The van der Waals surface area contributed by atoms with Crippen LogP contribution >= 0.6 is 0 Å². The van der Waals surface area contributed by atoms with Crippen molar-refractivity contribution in [3.8, 4) is 11.9 Å². The van der Waals surface area contributed by atoms with E-state index in [0.717, 1.165) is 10.1 Å². The van der Waals surface area contributed by atoms with Gasteiger partial charge < -0.3 is 5.11 Å². The van der Waals surface area contributed by atoms with Crippen LogP contribution in [0.1, 0.15) is 32.6 Å². The van der Waals surface area contributed by atoms with Crippen LogP contribution in [0, 0.1) is 25.2 Å². The summed E-state index contributed by atoms with van der Waals surface area (Å²) >= 11 is 0. The second kappa shape index (κ2) is 5.25. The van der Waals surface area contributed by atoms with Crippen LogP contribution in [0.2, 0.25) is 0 Å². The van der Waals surface area contributed by atoms with Gasteiger partial charge in [-0.05, 0) is 19.4 Å². The van der Waals surface area contributed by atoms with Crippen LogP contribution in [0.4, 0.5) is 0 Å². The van der Waals surface area contributed by atoms with Gasteiger partial charge in [-0.25, -0.2) is 0 Å². The third kappa shape index (κ3) is 2.32. The molecule has 106 valence electrons. The lowest BCUT2D eigenvalue weighted by molar-refractivity contribution is 0.103. The van der Waals surface area contributed by atoms with Crippen LogP contribution in [0.15, 0.2) is 29.1 Å². The normalized spacial score (nSPS) is 10.2. The summed E-state index contributed by atoms with van der Waals surface area (Å²) in [5, 5.41) is 19.2. The summed E-state index contributed by atoms with van der Waals surface area (Å²) < 4.78 is 0.910. The first kappa shape index (κ1) is 14.5. The number of carbonyl (C=O) groups excluding carboxylic acids is 1. The summed E-state index contributed by atoms with van der Waals surface area (Å²) in [7, 11) is 1.32. The number of pyridine rings is 1. The maximum Gasteiger partial charge on any atom is 0.271 e. The molecule has 0 fully saturated rings. The molecule has 2 aromatic rings. The van der Waals surface area contributed by atoms with E-state index in [0.29, 0.717) is 5.56 Å². The zero-order valence-corrected chi connectivity index (χ0v) is 12.0. The van der Waals surface area contributed by atoms with Crippen molar-refractivity contribution in [3.63, 3.8) is 0 Å². The molecule has 0 atom stereocenters. The van der Waals surface area contributed by atoms with Crippen molar-refractivity contribution in [1.82, 2.24) is 4.57 Å². The number of carbonyl (C=O) groups is 1. The van der Waals surface area contributed by atoms with E-state index in [2.05, 4.69) is 0 Å². The number of aromatic hydroxyl groups is 1. The molecule has 1 heterocycles. The average Bonchev–Trinajstić information content (AvgIpc) is 2.46. The summed E-state index contributed by atoms with van der Waals surface area (Å²) in [6.45, 7) is 3.39. The van der Waals surface area contributed by atoms with Crippen molar-refractivity contribution < 1.29 is 9.90 Å². The maximum absolute atomic E-state index is 12.5. The molecule has 5 nitrogen and oxygen atoms in total. The third-order valence-electron chi connectivity index (χ3n) is 3.46. The standard InChI is InChI=1S/C16H14N2O3/c1-9-4-6-11(7-5-9)14(19)13-10(2)12(8-17)15(20)18(3)16(13)21/h4-7,21H,1-3H3. The lowest BCUT2D eigenvalue weighted by Crippen LogP contribution is -2.24. The van der Waals surface area contributed by atoms with Crippen LogP contribution in [0.25, 0.3) is 0 Å². The second-order valence-electron chi connectivity index (χ2n) is 4.87. The van der Waals surface area contributed by atoms with Crippen molar-refractivity contribution in [2.24, 2.45) is 7.05 Å². The van der Waals surface area contributed by atoms with Crippen molar-refractivity contribution in [2.75, 3.05) is 0 Å². The molecule has 1 N–H and O–H groups in total. The highest BCUT2D eigenvalue weighted by Gasteiger charge is 2.23. The average molecular weight is 282 g/mol. The monoisotopic (exact) mass is 282 g/mol. The number of benzene rings is 1. The predicted octanol–water partition coefficient (Wildman–Crippen LogP) is 1.81. The molecule has 0 unspecified atom stereocenters. The number of aryl methyl sites for hydroxylation is 1. The van der Waals surface area contributed by atoms with Gasteiger partial charge in [0.25, 0.3) is 5.56 Å². The Morgan fingerprint density at radius 2 is 1.81 bits per heavy atom. The molecule has 1 aromatic carbocycles. The number of rotatable bonds is 2. The molecule has 0 aliphatic carbocycles. The molecule has 1 aromatic heterocycles. The van der Waals surface area contributed by atoms with Gasteiger partial charge in [0.15, 0.2) is 5.78 Å². The van der Waals surface area contributed by atoms with Gasteiger partial charge in [0.05, 0.1) is 5.56 Å². The highest BCUT2D eigenvalue weighted by atomic mass is 16.3. The first-order chi connectivity index (χ1) is 9.88. The Balaban J connectivity index is 2.73. The Bertz CT molecular complexity index is 825. The lowest BCUT2D eigenvalue weighted by Gasteiger charge is -2.12. The zero-order valence-electron chi connectivity index (χ0n) is 12.0. The van der Waals surface area contributed by atoms with E-state index in [4.69, 9.17) is 5.26 Å².